The Morgan fingerprint density at radius 1 is 1.28 bits per heavy atom. The van der Waals surface area contributed by atoms with Crippen LogP contribution in [0.4, 0.5) is 0 Å². The Hall–Kier alpha value is -0.900. The average Bonchev–Trinajstić information content (AvgIpc) is 2.51. The predicted octanol–water partition coefficient (Wildman–Crippen LogP) is 1.88. The molecule has 0 spiro atoms. The summed E-state index contributed by atoms with van der Waals surface area (Å²) in [7, 11) is 0. The molecule has 18 heavy (non-hydrogen) atoms. The molecule has 100 valence electrons. The van der Waals surface area contributed by atoms with Gasteiger partial charge in [-0.15, -0.1) is 0 Å². The van der Waals surface area contributed by atoms with E-state index in [1.165, 1.54) is 11.1 Å². The first kappa shape index (κ1) is 13.5. The van der Waals surface area contributed by atoms with Gasteiger partial charge in [0.1, 0.15) is 0 Å². The van der Waals surface area contributed by atoms with E-state index in [2.05, 4.69) is 29.2 Å². The van der Waals surface area contributed by atoms with Crippen molar-refractivity contribution in [1.29, 1.82) is 0 Å². The van der Waals surface area contributed by atoms with E-state index in [9.17, 15) is 5.11 Å². The molecule has 1 heterocycles. The van der Waals surface area contributed by atoms with Crippen molar-refractivity contribution >= 4 is 0 Å². The lowest BCUT2D eigenvalue weighted by Crippen LogP contribution is -2.28. The highest BCUT2D eigenvalue weighted by molar-refractivity contribution is 5.23. The van der Waals surface area contributed by atoms with E-state index in [4.69, 9.17) is 5.73 Å². The average molecular weight is 248 g/mol. The number of likely N-dealkylation sites (tertiary alicyclic amines) is 1. The summed E-state index contributed by atoms with van der Waals surface area (Å²) in [6.45, 7) is 5.56. The molecular weight excluding hydrogens is 224 g/mol. The molecule has 1 aliphatic rings. The van der Waals surface area contributed by atoms with Gasteiger partial charge >= 0.3 is 0 Å². The van der Waals surface area contributed by atoms with E-state index in [0.29, 0.717) is 6.54 Å². The largest absolute Gasteiger partial charge is 0.390 e. The van der Waals surface area contributed by atoms with Crippen LogP contribution >= 0.6 is 0 Å². The van der Waals surface area contributed by atoms with Crippen LogP contribution in [0.2, 0.25) is 0 Å². The zero-order valence-corrected chi connectivity index (χ0v) is 11.2. The molecule has 0 radical (unpaired) electrons. The smallest absolute Gasteiger partial charge is 0.0632 e. The number of nitrogens with two attached hydrogens (primary N) is 1. The molecule has 2 rings (SSSR count). The molecule has 1 aromatic rings. The predicted molar refractivity (Wildman–Crippen MR) is 74.1 cm³/mol. The number of nitrogens with zero attached hydrogens (tertiary/aromatic N) is 1. The van der Waals surface area contributed by atoms with Gasteiger partial charge in [-0.05, 0) is 43.9 Å². The SMILES string of the molecule is CC1(O)CCCN(Cc2cccc(CN)c2)CC1. The zero-order chi connectivity index (χ0) is 13.0. The third-order valence-electron chi connectivity index (χ3n) is 3.79. The minimum absolute atomic E-state index is 0.478. The Bertz CT molecular complexity index is 390. The fourth-order valence-corrected chi connectivity index (χ4v) is 2.59. The summed E-state index contributed by atoms with van der Waals surface area (Å²) < 4.78 is 0. The number of benzene rings is 1. The van der Waals surface area contributed by atoms with E-state index < -0.39 is 5.60 Å². The summed E-state index contributed by atoms with van der Waals surface area (Å²) >= 11 is 0. The molecule has 1 fully saturated rings. The maximum absolute atomic E-state index is 10.1. The topological polar surface area (TPSA) is 49.5 Å². The molecule has 1 atom stereocenters. The third-order valence-corrected chi connectivity index (χ3v) is 3.79. The second kappa shape index (κ2) is 5.83. The van der Waals surface area contributed by atoms with E-state index in [0.717, 1.165) is 38.9 Å². The van der Waals surface area contributed by atoms with E-state index in [-0.39, 0.29) is 0 Å². The first-order chi connectivity index (χ1) is 8.59. The van der Waals surface area contributed by atoms with E-state index in [1.807, 2.05) is 6.92 Å². The van der Waals surface area contributed by atoms with Gasteiger partial charge in [-0.2, -0.15) is 0 Å². The third kappa shape index (κ3) is 3.80. The van der Waals surface area contributed by atoms with E-state index in [1.54, 1.807) is 0 Å². The van der Waals surface area contributed by atoms with Gasteiger partial charge in [-0.25, -0.2) is 0 Å². The van der Waals surface area contributed by atoms with Gasteiger partial charge in [-0.3, -0.25) is 4.90 Å². The summed E-state index contributed by atoms with van der Waals surface area (Å²) in [5, 5.41) is 10.1. The Morgan fingerprint density at radius 3 is 2.83 bits per heavy atom. The lowest BCUT2D eigenvalue weighted by Gasteiger charge is -2.22. The van der Waals surface area contributed by atoms with Crippen LogP contribution in [0.15, 0.2) is 24.3 Å². The quantitative estimate of drug-likeness (QED) is 0.858. The molecule has 1 saturated heterocycles. The Morgan fingerprint density at radius 2 is 2.06 bits per heavy atom. The highest BCUT2D eigenvalue weighted by Crippen LogP contribution is 2.22. The standard InChI is InChI=1S/C15H24N2O/c1-15(18)6-3-8-17(9-7-15)12-14-5-2-4-13(10-14)11-16/h2,4-5,10,18H,3,6-9,11-12,16H2,1H3. The maximum atomic E-state index is 10.1. The molecule has 1 aliphatic heterocycles. The lowest BCUT2D eigenvalue weighted by molar-refractivity contribution is 0.0444. The lowest BCUT2D eigenvalue weighted by atomic mass is 9.98. The molecule has 3 N–H and O–H groups in total. The minimum Gasteiger partial charge on any atom is -0.390 e. The van der Waals surface area contributed by atoms with Gasteiger partial charge in [0.05, 0.1) is 5.60 Å². The monoisotopic (exact) mass is 248 g/mol. The van der Waals surface area contributed by atoms with Crippen LogP contribution in [0.3, 0.4) is 0 Å². The molecule has 0 aliphatic carbocycles. The molecule has 0 bridgehead atoms. The van der Waals surface area contributed by atoms with Crippen molar-refractivity contribution < 1.29 is 5.11 Å². The number of aliphatic hydroxyl groups is 1. The maximum Gasteiger partial charge on any atom is 0.0632 e. The number of hydrogen-bond donors (Lipinski definition) is 2. The van der Waals surface area contributed by atoms with Gasteiger partial charge in [0.25, 0.3) is 0 Å². The molecule has 0 saturated carbocycles. The molecule has 3 nitrogen and oxygen atoms in total. The van der Waals surface area contributed by atoms with Crippen LogP contribution in [-0.2, 0) is 13.1 Å². The summed E-state index contributed by atoms with van der Waals surface area (Å²) in [5.41, 5.74) is 7.70. The van der Waals surface area contributed by atoms with Gasteiger partial charge in [0.2, 0.25) is 0 Å². The number of rotatable bonds is 3. The molecule has 1 unspecified atom stereocenters. The molecule has 0 amide bonds. The van der Waals surface area contributed by atoms with Gasteiger partial charge in [-0.1, -0.05) is 24.3 Å². The van der Waals surface area contributed by atoms with Crippen LogP contribution in [0, 0.1) is 0 Å². The Labute approximate surface area is 110 Å². The zero-order valence-electron chi connectivity index (χ0n) is 11.2. The second-order valence-corrected chi connectivity index (χ2v) is 5.65. The van der Waals surface area contributed by atoms with Gasteiger partial charge in [0.15, 0.2) is 0 Å². The normalized spacial score (nSPS) is 25.9. The van der Waals surface area contributed by atoms with Crippen molar-refractivity contribution in [2.45, 2.75) is 44.9 Å². The summed E-state index contributed by atoms with van der Waals surface area (Å²) in [4.78, 5) is 2.43. The van der Waals surface area contributed by atoms with Crippen LogP contribution in [0.5, 0.6) is 0 Å². The van der Waals surface area contributed by atoms with Gasteiger partial charge < -0.3 is 10.8 Å². The molecule has 3 heteroatoms. The van der Waals surface area contributed by atoms with Crippen molar-refractivity contribution in [3.8, 4) is 0 Å². The minimum atomic E-state index is -0.478. The summed E-state index contributed by atoms with van der Waals surface area (Å²) in [6, 6.07) is 8.48. The van der Waals surface area contributed by atoms with E-state index >= 15 is 0 Å². The van der Waals surface area contributed by atoms with Crippen molar-refractivity contribution in [1.82, 2.24) is 4.90 Å². The van der Waals surface area contributed by atoms with Crippen LogP contribution < -0.4 is 5.73 Å². The first-order valence-corrected chi connectivity index (χ1v) is 6.82. The van der Waals surface area contributed by atoms with Crippen LogP contribution in [0.1, 0.15) is 37.3 Å². The van der Waals surface area contributed by atoms with Crippen LogP contribution in [0.25, 0.3) is 0 Å². The van der Waals surface area contributed by atoms with Crippen LogP contribution in [-0.4, -0.2) is 28.7 Å². The summed E-state index contributed by atoms with van der Waals surface area (Å²) in [6.07, 6.45) is 2.85. The Kier molecular flexibility index (Phi) is 4.38. The van der Waals surface area contributed by atoms with Crippen molar-refractivity contribution in [2.24, 2.45) is 5.73 Å². The molecule has 1 aromatic carbocycles. The second-order valence-electron chi connectivity index (χ2n) is 5.65. The highest BCUT2D eigenvalue weighted by Gasteiger charge is 2.24. The fraction of sp³-hybridized carbons (Fsp3) is 0.600. The Balaban J connectivity index is 1.96. The fourth-order valence-electron chi connectivity index (χ4n) is 2.59. The number of hydrogen-bond acceptors (Lipinski definition) is 3. The van der Waals surface area contributed by atoms with Crippen molar-refractivity contribution in [3.05, 3.63) is 35.4 Å². The first-order valence-electron chi connectivity index (χ1n) is 6.82. The summed E-state index contributed by atoms with van der Waals surface area (Å²) in [5.74, 6) is 0. The molecular formula is C15H24N2O. The molecule has 0 aromatic heterocycles. The van der Waals surface area contributed by atoms with Crippen molar-refractivity contribution in [3.63, 3.8) is 0 Å². The van der Waals surface area contributed by atoms with Crippen molar-refractivity contribution in [2.75, 3.05) is 13.1 Å². The van der Waals surface area contributed by atoms with Gasteiger partial charge in [0, 0.05) is 19.6 Å². The highest BCUT2D eigenvalue weighted by atomic mass is 16.3.